The Bertz CT molecular complexity index is 915. The van der Waals surface area contributed by atoms with Gasteiger partial charge in [-0.2, -0.15) is 0 Å². The molecule has 0 N–H and O–H groups in total. The van der Waals surface area contributed by atoms with Gasteiger partial charge in [0.25, 0.3) is 5.22 Å². The Kier molecular flexibility index (Phi) is 6.08. The number of thioether (sulfide) groups is 1. The number of hydrogen-bond acceptors (Lipinski definition) is 6. The van der Waals surface area contributed by atoms with Crippen molar-refractivity contribution < 1.29 is 18.3 Å². The molecule has 8 heteroatoms. The number of ether oxygens (including phenoxy) is 1. The topological polar surface area (TPSA) is 68.5 Å². The number of benzene rings is 2. The van der Waals surface area contributed by atoms with E-state index in [2.05, 4.69) is 10.2 Å². The molecule has 6 nitrogen and oxygen atoms in total. The van der Waals surface area contributed by atoms with Gasteiger partial charge in [-0.05, 0) is 30.3 Å². The van der Waals surface area contributed by atoms with E-state index in [0.29, 0.717) is 12.1 Å². The first-order valence-corrected chi connectivity index (χ1v) is 9.13. The molecule has 0 bridgehead atoms. The fourth-order valence-electron chi connectivity index (χ4n) is 2.39. The van der Waals surface area contributed by atoms with Crippen molar-refractivity contribution in [3.63, 3.8) is 0 Å². The van der Waals surface area contributed by atoms with E-state index in [1.165, 1.54) is 12.1 Å². The molecule has 0 spiro atoms. The molecule has 1 amide bonds. The normalized spacial score (nSPS) is 10.6. The minimum Gasteiger partial charge on any atom is -0.496 e. The summed E-state index contributed by atoms with van der Waals surface area (Å²) < 4.78 is 23.8. The maximum absolute atomic E-state index is 13.0. The van der Waals surface area contributed by atoms with Crippen molar-refractivity contribution in [2.75, 3.05) is 19.9 Å². The lowest BCUT2D eigenvalue weighted by atomic mass is 10.2. The van der Waals surface area contributed by atoms with Crippen LogP contribution in [0.2, 0.25) is 0 Å². The Hall–Kier alpha value is -2.87. The van der Waals surface area contributed by atoms with Crippen LogP contribution in [0.5, 0.6) is 5.75 Å². The second-order valence-electron chi connectivity index (χ2n) is 5.73. The number of nitrogens with zero attached hydrogens (tertiary/aromatic N) is 3. The van der Waals surface area contributed by atoms with Crippen molar-refractivity contribution in [2.45, 2.75) is 11.8 Å². The van der Waals surface area contributed by atoms with Gasteiger partial charge in [-0.15, -0.1) is 10.2 Å². The molecule has 0 unspecified atom stereocenters. The van der Waals surface area contributed by atoms with Crippen molar-refractivity contribution >= 4 is 17.7 Å². The molecule has 3 rings (SSSR count). The third-order valence-corrected chi connectivity index (χ3v) is 4.65. The van der Waals surface area contributed by atoms with Crippen LogP contribution in [0.1, 0.15) is 5.56 Å². The maximum Gasteiger partial charge on any atom is 0.277 e. The van der Waals surface area contributed by atoms with Crippen molar-refractivity contribution in [2.24, 2.45) is 0 Å². The van der Waals surface area contributed by atoms with Crippen LogP contribution in [0.15, 0.2) is 58.2 Å². The number of aromatic nitrogens is 2. The van der Waals surface area contributed by atoms with Gasteiger partial charge in [0.05, 0.1) is 12.9 Å². The number of hydrogen-bond donors (Lipinski definition) is 0. The van der Waals surface area contributed by atoms with Crippen molar-refractivity contribution in [3.8, 4) is 17.2 Å². The van der Waals surface area contributed by atoms with E-state index in [9.17, 15) is 9.18 Å². The minimum absolute atomic E-state index is 0.0764. The van der Waals surface area contributed by atoms with E-state index in [0.717, 1.165) is 23.1 Å². The fraction of sp³-hybridized carbons (Fsp3) is 0.211. The highest BCUT2D eigenvalue weighted by atomic mass is 32.2. The van der Waals surface area contributed by atoms with Gasteiger partial charge in [-0.25, -0.2) is 4.39 Å². The molecule has 0 radical (unpaired) electrons. The molecular weight excluding hydrogens is 369 g/mol. The van der Waals surface area contributed by atoms with Crippen LogP contribution in [0.3, 0.4) is 0 Å². The first kappa shape index (κ1) is 18.9. The van der Waals surface area contributed by atoms with Crippen LogP contribution in [0.4, 0.5) is 4.39 Å². The molecule has 0 atom stereocenters. The van der Waals surface area contributed by atoms with Gasteiger partial charge in [0.15, 0.2) is 0 Å². The Morgan fingerprint density at radius 3 is 2.67 bits per heavy atom. The average Bonchev–Trinajstić information content (AvgIpc) is 3.16. The molecule has 0 saturated heterocycles. The summed E-state index contributed by atoms with van der Waals surface area (Å²) in [7, 11) is 3.33. The van der Waals surface area contributed by atoms with Gasteiger partial charge in [-0.3, -0.25) is 4.79 Å². The van der Waals surface area contributed by atoms with E-state index < -0.39 is 0 Å². The standard InChI is InChI=1S/C19H18FN3O3S/c1-23(11-14-5-3-4-6-16(14)25-2)17(24)12-27-19-22-21-18(26-19)13-7-9-15(20)10-8-13/h3-10H,11-12H2,1-2H3. The lowest BCUT2D eigenvalue weighted by Crippen LogP contribution is -2.28. The fourth-order valence-corrected chi connectivity index (χ4v) is 3.09. The summed E-state index contributed by atoms with van der Waals surface area (Å²) in [5, 5.41) is 8.13. The van der Waals surface area contributed by atoms with Gasteiger partial charge < -0.3 is 14.1 Å². The lowest BCUT2D eigenvalue weighted by Gasteiger charge is -2.18. The average molecular weight is 387 g/mol. The Morgan fingerprint density at radius 2 is 1.93 bits per heavy atom. The van der Waals surface area contributed by atoms with Gasteiger partial charge >= 0.3 is 0 Å². The summed E-state index contributed by atoms with van der Waals surface area (Å²) in [6.07, 6.45) is 0. The van der Waals surface area contributed by atoms with E-state index in [1.807, 2.05) is 24.3 Å². The highest BCUT2D eigenvalue weighted by Crippen LogP contribution is 2.24. The molecule has 0 saturated carbocycles. The van der Waals surface area contributed by atoms with Crippen molar-refractivity contribution in [1.29, 1.82) is 0 Å². The zero-order valence-electron chi connectivity index (χ0n) is 14.9. The van der Waals surface area contributed by atoms with Crippen LogP contribution in [-0.2, 0) is 11.3 Å². The second-order valence-corrected chi connectivity index (χ2v) is 6.66. The molecule has 0 aliphatic rings. The molecule has 2 aromatic carbocycles. The molecule has 0 fully saturated rings. The van der Waals surface area contributed by atoms with Gasteiger partial charge in [0.2, 0.25) is 11.8 Å². The number of methoxy groups -OCH3 is 1. The summed E-state index contributed by atoms with van der Waals surface area (Å²) in [6, 6.07) is 13.3. The minimum atomic E-state index is -0.337. The molecular formula is C19H18FN3O3S. The molecule has 0 aliphatic heterocycles. The molecule has 27 heavy (non-hydrogen) atoms. The van der Waals surface area contributed by atoms with Crippen molar-refractivity contribution in [3.05, 3.63) is 59.9 Å². The van der Waals surface area contributed by atoms with Crippen molar-refractivity contribution in [1.82, 2.24) is 15.1 Å². The first-order chi connectivity index (χ1) is 13.1. The predicted molar refractivity (Wildman–Crippen MR) is 99.9 cm³/mol. The predicted octanol–water partition coefficient (Wildman–Crippen LogP) is 3.64. The smallest absolute Gasteiger partial charge is 0.277 e. The van der Waals surface area contributed by atoms with Crippen LogP contribution >= 0.6 is 11.8 Å². The monoisotopic (exact) mass is 387 g/mol. The highest BCUT2D eigenvalue weighted by Gasteiger charge is 2.15. The number of para-hydroxylation sites is 1. The molecule has 0 aliphatic carbocycles. The molecule has 140 valence electrons. The van der Waals surface area contributed by atoms with E-state index in [-0.39, 0.29) is 28.6 Å². The Labute approximate surface area is 160 Å². The van der Waals surface area contributed by atoms with E-state index >= 15 is 0 Å². The quantitative estimate of drug-likeness (QED) is 0.577. The maximum atomic E-state index is 13.0. The number of amides is 1. The van der Waals surface area contributed by atoms with Gasteiger partial charge in [-0.1, -0.05) is 30.0 Å². The Balaban J connectivity index is 1.56. The number of halogens is 1. The molecule has 1 heterocycles. The van der Waals surface area contributed by atoms with E-state index in [1.54, 1.807) is 31.2 Å². The van der Waals surface area contributed by atoms with Crippen LogP contribution in [-0.4, -0.2) is 40.9 Å². The van der Waals surface area contributed by atoms with Gasteiger partial charge in [0.1, 0.15) is 11.6 Å². The summed E-state index contributed by atoms with van der Waals surface area (Å²) in [5.41, 5.74) is 1.55. The van der Waals surface area contributed by atoms with E-state index in [4.69, 9.17) is 9.15 Å². The zero-order chi connectivity index (χ0) is 19.2. The highest BCUT2D eigenvalue weighted by molar-refractivity contribution is 7.99. The summed E-state index contributed by atoms with van der Waals surface area (Å²) in [6.45, 7) is 0.439. The summed E-state index contributed by atoms with van der Waals surface area (Å²) >= 11 is 1.16. The number of rotatable bonds is 7. The largest absolute Gasteiger partial charge is 0.496 e. The SMILES string of the molecule is COc1ccccc1CN(C)C(=O)CSc1nnc(-c2ccc(F)cc2)o1. The summed E-state index contributed by atoms with van der Waals surface area (Å²) in [4.78, 5) is 14.0. The molecule has 1 aromatic heterocycles. The number of carbonyl (C=O) groups is 1. The third-order valence-electron chi connectivity index (χ3n) is 3.84. The second kappa shape index (κ2) is 8.68. The zero-order valence-corrected chi connectivity index (χ0v) is 15.7. The van der Waals surface area contributed by atoms with Crippen LogP contribution in [0.25, 0.3) is 11.5 Å². The first-order valence-electron chi connectivity index (χ1n) is 8.15. The summed E-state index contributed by atoms with van der Waals surface area (Å²) in [5.74, 6) is 0.776. The number of carbonyl (C=O) groups excluding carboxylic acids is 1. The van der Waals surface area contributed by atoms with Crippen LogP contribution in [0, 0.1) is 5.82 Å². The lowest BCUT2D eigenvalue weighted by molar-refractivity contribution is -0.127. The Morgan fingerprint density at radius 1 is 1.19 bits per heavy atom. The third kappa shape index (κ3) is 4.85. The van der Waals surface area contributed by atoms with Crippen LogP contribution < -0.4 is 4.74 Å². The molecule has 3 aromatic rings. The van der Waals surface area contributed by atoms with Gasteiger partial charge in [0, 0.05) is 24.7 Å².